The molecule has 0 aliphatic carbocycles. The molecular formula is C13H12BrN5S. The van der Waals surface area contributed by atoms with E-state index in [1.165, 1.54) is 0 Å². The van der Waals surface area contributed by atoms with E-state index in [0.717, 1.165) is 20.7 Å². The van der Waals surface area contributed by atoms with E-state index >= 15 is 0 Å². The Morgan fingerprint density at radius 2 is 2.05 bits per heavy atom. The van der Waals surface area contributed by atoms with E-state index in [-0.39, 0.29) is 6.04 Å². The van der Waals surface area contributed by atoms with Gasteiger partial charge in [-0.1, -0.05) is 18.2 Å². The number of hydrogen-bond donors (Lipinski definition) is 2. The number of aromatic nitrogens is 3. The van der Waals surface area contributed by atoms with Gasteiger partial charge in [0.25, 0.3) is 0 Å². The molecule has 20 heavy (non-hydrogen) atoms. The van der Waals surface area contributed by atoms with Crippen molar-refractivity contribution in [2.24, 2.45) is 5.84 Å². The minimum atomic E-state index is -0.179. The number of halogens is 1. The summed E-state index contributed by atoms with van der Waals surface area (Å²) in [6.07, 6.45) is 1.73. The number of hydrazine groups is 1. The van der Waals surface area contributed by atoms with Crippen molar-refractivity contribution >= 4 is 27.3 Å². The maximum atomic E-state index is 5.67. The van der Waals surface area contributed by atoms with E-state index in [1.54, 1.807) is 22.3 Å². The van der Waals surface area contributed by atoms with E-state index in [2.05, 4.69) is 31.6 Å². The number of hydrogen-bond acceptors (Lipinski definition) is 5. The van der Waals surface area contributed by atoms with Gasteiger partial charge in [-0.05, 0) is 39.5 Å². The zero-order valence-corrected chi connectivity index (χ0v) is 12.8. The Labute approximate surface area is 128 Å². The highest BCUT2D eigenvalue weighted by Crippen LogP contribution is 2.31. The van der Waals surface area contributed by atoms with E-state index in [4.69, 9.17) is 5.84 Å². The average Bonchev–Trinajstić information content (AvgIpc) is 3.12. The first-order valence-corrected chi connectivity index (χ1v) is 7.63. The van der Waals surface area contributed by atoms with Crippen LogP contribution in [0, 0.1) is 0 Å². The zero-order valence-electron chi connectivity index (χ0n) is 10.4. The van der Waals surface area contributed by atoms with Gasteiger partial charge in [0.15, 0.2) is 0 Å². The maximum absolute atomic E-state index is 5.67. The lowest BCUT2D eigenvalue weighted by Gasteiger charge is -2.11. The molecule has 3 N–H and O–H groups in total. The van der Waals surface area contributed by atoms with Crippen LogP contribution in [0.25, 0.3) is 5.69 Å². The second-order valence-corrected chi connectivity index (χ2v) is 5.93. The summed E-state index contributed by atoms with van der Waals surface area (Å²) >= 11 is 5.13. The Morgan fingerprint density at radius 3 is 2.70 bits per heavy atom. The van der Waals surface area contributed by atoms with Crippen LogP contribution in [-0.4, -0.2) is 15.0 Å². The molecule has 1 aromatic carbocycles. The van der Waals surface area contributed by atoms with Gasteiger partial charge >= 0.3 is 0 Å². The molecule has 2 heterocycles. The molecule has 1 atom stereocenters. The third kappa shape index (κ3) is 2.53. The van der Waals surface area contributed by atoms with Crippen molar-refractivity contribution < 1.29 is 0 Å². The van der Waals surface area contributed by atoms with Crippen molar-refractivity contribution in [2.45, 2.75) is 6.04 Å². The van der Waals surface area contributed by atoms with Crippen LogP contribution < -0.4 is 11.3 Å². The van der Waals surface area contributed by atoms with Gasteiger partial charge in [0.05, 0.1) is 11.9 Å². The average molecular weight is 350 g/mol. The largest absolute Gasteiger partial charge is 0.270 e. The van der Waals surface area contributed by atoms with Crippen molar-refractivity contribution in [3.8, 4) is 5.69 Å². The molecule has 0 aliphatic rings. The molecule has 0 amide bonds. The molecule has 102 valence electrons. The smallest absolute Gasteiger partial charge is 0.107 e. The third-order valence-corrected chi connectivity index (χ3v) is 4.80. The van der Waals surface area contributed by atoms with Crippen molar-refractivity contribution in [2.75, 3.05) is 0 Å². The molecule has 3 aromatic rings. The summed E-state index contributed by atoms with van der Waals surface area (Å²) in [5, 5.41) is 10.8. The molecule has 0 aliphatic heterocycles. The summed E-state index contributed by atoms with van der Waals surface area (Å²) in [5.74, 6) is 5.67. The molecule has 0 bridgehead atoms. The second kappa shape index (κ2) is 5.84. The predicted molar refractivity (Wildman–Crippen MR) is 82.5 cm³/mol. The van der Waals surface area contributed by atoms with Crippen molar-refractivity contribution in [1.29, 1.82) is 0 Å². The predicted octanol–water partition coefficient (Wildman–Crippen LogP) is 2.64. The number of nitrogens with two attached hydrogens (primary N) is 1. The van der Waals surface area contributed by atoms with Crippen LogP contribution in [0.5, 0.6) is 0 Å². The van der Waals surface area contributed by atoms with Crippen LogP contribution in [0.3, 0.4) is 0 Å². The number of rotatable bonds is 4. The maximum Gasteiger partial charge on any atom is 0.107 e. The fraction of sp³-hybridized carbons (Fsp3) is 0.0769. The summed E-state index contributed by atoms with van der Waals surface area (Å²) < 4.78 is 1.01. The van der Waals surface area contributed by atoms with Crippen LogP contribution in [0.2, 0.25) is 0 Å². The first kappa shape index (κ1) is 13.4. The molecule has 1 unspecified atom stereocenters. The number of nitrogens with one attached hydrogen (secondary N) is 1. The quantitative estimate of drug-likeness (QED) is 0.561. The molecule has 0 fully saturated rings. The van der Waals surface area contributed by atoms with Crippen LogP contribution in [0.4, 0.5) is 0 Å². The van der Waals surface area contributed by atoms with Gasteiger partial charge in [-0.15, -0.1) is 11.3 Å². The Morgan fingerprint density at radius 1 is 1.25 bits per heavy atom. The topological polar surface area (TPSA) is 68.8 Å². The van der Waals surface area contributed by atoms with Gasteiger partial charge in [-0.25, -0.2) is 5.43 Å². The lowest BCUT2D eigenvalue weighted by molar-refractivity contribution is 0.615. The van der Waals surface area contributed by atoms with Crippen molar-refractivity contribution in [1.82, 2.24) is 20.4 Å². The molecule has 5 nitrogen and oxygen atoms in total. The molecule has 0 saturated carbocycles. The second-order valence-electron chi connectivity index (χ2n) is 4.13. The molecule has 7 heteroatoms. The Bertz CT molecular complexity index is 694. The fourth-order valence-electron chi connectivity index (χ4n) is 1.90. The fourth-order valence-corrected chi connectivity index (χ4v) is 3.57. The van der Waals surface area contributed by atoms with Crippen molar-refractivity contribution in [3.05, 3.63) is 63.0 Å². The number of para-hydroxylation sites is 1. The lowest BCUT2D eigenvalue weighted by atomic mass is 10.2. The van der Waals surface area contributed by atoms with Crippen LogP contribution in [0.1, 0.15) is 16.6 Å². The van der Waals surface area contributed by atoms with E-state index in [1.807, 2.05) is 41.8 Å². The molecule has 3 rings (SSSR count). The SMILES string of the molecule is NNC(c1cnn(-c2ccccc2)n1)c1sccc1Br. The van der Waals surface area contributed by atoms with Gasteiger partial charge in [0, 0.05) is 9.35 Å². The monoisotopic (exact) mass is 349 g/mol. The van der Waals surface area contributed by atoms with E-state index in [9.17, 15) is 0 Å². The first-order chi connectivity index (χ1) is 9.79. The van der Waals surface area contributed by atoms with Gasteiger partial charge in [0.1, 0.15) is 11.7 Å². The number of nitrogens with zero attached hydrogens (tertiary/aromatic N) is 3. The highest BCUT2D eigenvalue weighted by atomic mass is 79.9. The molecule has 0 radical (unpaired) electrons. The minimum absolute atomic E-state index is 0.179. The third-order valence-electron chi connectivity index (χ3n) is 2.87. The molecule has 2 aromatic heterocycles. The van der Waals surface area contributed by atoms with E-state index < -0.39 is 0 Å². The highest BCUT2D eigenvalue weighted by Gasteiger charge is 2.20. The van der Waals surface area contributed by atoms with Gasteiger partial charge in [0.2, 0.25) is 0 Å². The first-order valence-electron chi connectivity index (χ1n) is 5.96. The summed E-state index contributed by atoms with van der Waals surface area (Å²) in [6.45, 7) is 0. The number of thiophene rings is 1. The van der Waals surface area contributed by atoms with Crippen LogP contribution in [0.15, 0.2) is 52.4 Å². The minimum Gasteiger partial charge on any atom is -0.270 e. The van der Waals surface area contributed by atoms with Gasteiger partial charge in [-0.3, -0.25) is 5.84 Å². The van der Waals surface area contributed by atoms with E-state index in [0.29, 0.717) is 0 Å². The standard InChI is InChI=1S/C13H12BrN5S/c14-10-6-7-20-13(10)12(17-15)11-8-16-19(18-11)9-4-2-1-3-5-9/h1-8,12,17H,15H2. The zero-order chi connectivity index (χ0) is 13.9. The summed E-state index contributed by atoms with van der Waals surface area (Å²) in [5.41, 5.74) is 4.48. The van der Waals surface area contributed by atoms with Crippen LogP contribution >= 0.6 is 27.3 Å². The van der Waals surface area contributed by atoms with Gasteiger partial charge in [-0.2, -0.15) is 15.0 Å². The summed E-state index contributed by atoms with van der Waals surface area (Å²) in [7, 11) is 0. The normalized spacial score (nSPS) is 12.5. The van der Waals surface area contributed by atoms with Crippen LogP contribution in [-0.2, 0) is 0 Å². The molecule has 0 spiro atoms. The Kier molecular flexibility index (Phi) is 3.93. The summed E-state index contributed by atoms with van der Waals surface area (Å²) in [4.78, 5) is 2.67. The Hall–Kier alpha value is -1.54. The van der Waals surface area contributed by atoms with Crippen molar-refractivity contribution in [3.63, 3.8) is 0 Å². The van der Waals surface area contributed by atoms with Gasteiger partial charge < -0.3 is 0 Å². The molecule has 0 saturated heterocycles. The highest BCUT2D eigenvalue weighted by molar-refractivity contribution is 9.10. The summed E-state index contributed by atoms with van der Waals surface area (Å²) in [6, 6.07) is 11.6. The lowest BCUT2D eigenvalue weighted by Crippen LogP contribution is -2.28. The Balaban J connectivity index is 1.95. The number of benzene rings is 1. The molecular weight excluding hydrogens is 338 g/mol.